The molecule has 0 saturated carbocycles. The van der Waals surface area contributed by atoms with E-state index < -0.39 is 0 Å². The number of rotatable bonds is 7. The maximum absolute atomic E-state index is 4.34. The van der Waals surface area contributed by atoms with Crippen LogP contribution in [-0.2, 0) is 6.54 Å². The maximum atomic E-state index is 4.34. The molecule has 1 aromatic heterocycles. The molecule has 0 radical (unpaired) electrons. The normalized spacial score (nSPS) is 10.6. The van der Waals surface area contributed by atoms with Crippen LogP contribution in [0.15, 0.2) is 6.20 Å². The fourth-order valence-corrected chi connectivity index (χ4v) is 2.10. The van der Waals surface area contributed by atoms with Gasteiger partial charge in [-0.15, -0.1) is 11.3 Å². The van der Waals surface area contributed by atoms with Gasteiger partial charge >= 0.3 is 0 Å². The molecule has 0 atom stereocenters. The molecule has 0 aliphatic heterocycles. The van der Waals surface area contributed by atoms with Crippen molar-refractivity contribution in [3.05, 3.63) is 11.1 Å². The van der Waals surface area contributed by atoms with Crippen LogP contribution in [0.25, 0.3) is 0 Å². The van der Waals surface area contributed by atoms with Crippen LogP contribution in [-0.4, -0.2) is 25.6 Å². The molecule has 86 valence electrons. The highest BCUT2D eigenvalue weighted by Gasteiger charge is 2.02. The number of nitrogens with one attached hydrogen (secondary N) is 1. The predicted octanol–water partition coefficient (Wildman–Crippen LogP) is 2.49. The summed E-state index contributed by atoms with van der Waals surface area (Å²) in [6, 6.07) is 0. The third kappa shape index (κ3) is 4.62. The van der Waals surface area contributed by atoms with E-state index in [1.165, 1.54) is 24.1 Å². The van der Waals surface area contributed by atoms with Crippen LogP contribution in [0.5, 0.6) is 0 Å². The van der Waals surface area contributed by atoms with E-state index in [4.69, 9.17) is 0 Å². The van der Waals surface area contributed by atoms with Crippen molar-refractivity contribution in [3.63, 3.8) is 0 Å². The van der Waals surface area contributed by atoms with Gasteiger partial charge in [0.1, 0.15) is 0 Å². The van der Waals surface area contributed by atoms with Crippen LogP contribution in [0.2, 0.25) is 0 Å². The SMILES string of the molecule is CCCCCNCc1cnc(N(C)C)s1. The summed E-state index contributed by atoms with van der Waals surface area (Å²) < 4.78 is 0. The van der Waals surface area contributed by atoms with E-state index in [0.29, 0.717) is 0 Å². The lowest BCUT2D eigenvalue weighted by atomic mass is 10.2. The van der Waals surface area contributed by atoms with Gasteiger partial charge in [-0.25, -0.2) is 4.98 Å². The summed E-state index contributed by atoms with van der Waals surface area (Å²) >= 11 is 1.76. The van der Waals surface area contributed by atoms with Crippen molar-refractivity contribution in [1.82, 2.24) is 10.3 Å². The Kier molecular flexibility index (Phi) is 5.65. The van der Waals surface area contributed by atoms with Gasteiger partial charge in [-0.1, -0.05) is 19.8 Å². The first kappa shape index (κ1) is 12.5. The van der Waals surface area contributed by atoms with Crippen molar-refractivity contribution in [2.45, 2.75) is 32.7 Å². The molecule has 0 spiro atoms. The van der Waals surface area contributed by atoms with Crippen molar-refractivity contribution in [2.24, 2.45) is 0 Å². The summed E-state index contributed by atoms with van der Waals surface area (Å²) in [6.45, 7) is 4.30. The van der Waals surface area contributed by atoms with E-state index in [2.05, 4.69) is 17.2 Å². The molecular formula is C11H21N3S. The van der Waals surface area contributed by atoms with Crippen LogP contribution >= 0.6 is 11.3 Å². The molecule has 3 nitrogen and oxygen atoms in total. The van der Waals surface area contributed by atoms with Crippen molar-refractivity contribution >= 4 is 16.5 Å². The van der Waals surface area contributed by atoms with E-state index >= 15 is 0 Å². The molecular weight excluding hydrogens is 206 g/mol. The second-order valence-corrected chi connectivity index (χ2v) is 4.98. The third-order valence-corrected chi connectivity index (χ3v) is 3.35. The van der Waals surface area contributed by atoms with Crippen molar-refractivity contribution in [3.8, 4) is 0 Å². The number of unbranched alkanes of at least 4 members (excludes halogenated alkanes) is 2. The van der Waals surface area contributed by atoms with Crippen LogP contribution in [0.1, 0.15) is 31.1 Å². The van der Waals surface area contributed by atoms with Crippen molar-refractivity contribution < 1.29 is 0 Å². The van der Waals surface area contributed by atoms with Gasteiger partial charge in [0.05, 0.1) is 0 Å². The summed E-state index contributed by atoms with van der Waals surface area (Å²) in [5, 5.41) is 4.52. The smallest absolute Gasteiger partial charge is 0.185 e. The monoisotopic (exact) mass is 227 g/mol. The molecule has 1 N–H and O–H groups in total. The summed E-state index contributed by atoms with van der Waals surface area (Å²) in [4.78, 5) is 7.70. The molecule has 0 aliphatic carbocycles. The van der Waals surface area contributed by atoms with Gasteiger partial charge in [0.15, 0.2) is 5.13 Å². The zero-order chi connectivity index (χ0) is 11.1. The molecule has 4 heteroatoms. The fourth-order valence-electron chi connectivity index (χ4n) is 1.30. The van der Waals surface area contributed by atoms with Crippen LogP contribution in [0, 0.1) is 0 Å². The predicted molar refractivity (Wildman–Crippen MR) is 67.7 cm³/mol. The summed E-state index contributed by atoms with van der Waals surface area (Å²) in [5.41, 5.74) is 0. The lowest BCUT2D eigenvalue weighted by molar-refractivity contribution is 0.620. The lowest BCUT2D eigenvalue weighted by Gasteiger charge is -2.05. The number of hydrogen-bond donors (Lipinski definition) is 1. The highest BCUT2D eigenvalue weighted by molar-refractivity contribution is 7.15. The standard InChI is InChI=1S/C11H21N3S/c1-4-5-6-7-12-8-10-9-13-11(15-10)14(2)3/h9,12H,4-8H2,1-3H3. The molecule has 1 heterocycles. The van der Waals surface area contributed by atoms with E-state index in [-0.39, 0.29) is 0 Å². The molecule has 1 rings (SSSR count). The zero-order valence-electron chi connectivity index (χ0n) is 9.92. The Bertz CT molecular complexity index is 271. The fraction of sp³-hybridized carbons (Fsp3) is 0.727. The van der Waals surface area contributed by atoms with Gasteiger partial charge in [-0.2, -0.15) is 0 Å². The van der Waals surface area contributed by atoms with Gasteiger partial charge in [-0.3, -0.25) is 0 Å². The van der Waals surface area contributed by atoms with E-state index in [9.17, 15) is 0 Å². The molecule has 0 bridgehead atoms. The molecule has 0 aromatic carbocycles. The summed E-state index contributed by atoms with van der Waals surface area (Å²) in [7, 11) is 4.05. The minimum Gasteiger partial charge on any atom is -0.354 e. The Hall–Kier alpha value is -0.610. The zero-order valence-corrected chi connectivity index (χ0v) is 10.7. The van der Waals surface area contributed by atoms with Gasteiger partial charge in [-0.05, 0) is 13.0 Å². The molecule has 15 heavy (non-hydrogen) atoms. The van der Waals surface area contributed by atoms with E-state index in [1.54, 1.807) is 11.3 Å². The largest absolute Gasteiger partial charge is 0.354 e. The Morgan fingerprint density at radius 1 is 1.40 bits per heavy atom. The van der Waals surface area contributed by atoms with Crippen LogP contribution in [0.4, 0.5) is 5.13 Å². The van der Waals surface area contributed by atoms with Gasteiger partial charge < -0.3 is 10.2 Å². The topological polar surface area (TPSA) is 28.2 Å². The molecule has 1 aromatic rings. The van der Waals surface area contributed by atoms with Gasteiger partial charge in [0.25, 0.3) is 0 Å². The minimum absolute atomic E-state index is 0.954. The summed E-state index contributed by atoms with van der Waals surface area (Å²) in [6.07, 6.45) is 5.84. The molecule has 0 aliphatic rings. The number of anilines is 1. The number of aromatic nitrogens is 1. The number of nitrogens with zero attached hydrogens (tertiary/aromatic N) is 2. The maximum Gasteiger partial charge on any atom is 0.185 e. The Labute approximate surface area is 96.5 Å². The van der Waals surface area contributed by atoms with Crippen LogP contribution in [0.3, 0.4) is 0 Å². The van der Waals surface area contributed by atoms with Gasteiger partial charge in [0, 0.05) is 31.7 Å². The van der Waals surface area contributed by atoms with Gasteiger partial charge in [0.2, 0.25) is 0 Å². The average molecular weight is 227 g/mol. The minimum atomic E-state index is 0.954. The van der Waals surface area contributed by atoms with E-state index in [1.807, 2.05) is 25.2 Å². The molecule has 0 fully saturated rings. The first-order valence-corrected chi connectivity index (χ1v) is 6.38. The molecule has 0 unspecified atom stereocenters. The summed E-state index contributed by atoms with van der Waals surface area (Å²) in [5.74, 6) is 0. The number of thiazole rings is 1. The molecule has 0 amide bonds. The second kappa shape index (κ2) is 6.80. The van der Waals surface area contributed by atoms with Crippen molar-refractivity contribution in [1.29, 1.82) is 0 Å². The quantitative estimate of drug-likeness (QED) is 0.725. The lowest BCUT2D eigenvalue weighted by Crippen LogP contribution is -2.13. The highest BCUT2D eigenvalue weighted by atomic mass is 32.1. The Balaban J connectivity index is 2.20. The first-order valence-electron chi connectivity index (χ1n) is 5.56. The first-order chi connectivity index (χ1) is 7.24. The third-order valence-electron chi connectivity index (χ3n) is 2.18. The second-order valence-electron chi connectivity index (χ2n) is 3.89. The van der Waals surface area contributed by atoms with E-state index in [0.717, 1.165) is 18.2 Å². The molecule has 0 saturated heterocycles. The Morgan fingerprint density at radius 3 is 2.80 bits per heavy atom. The number of hydrogen-bond acceptors (Lipinski definition) is 4. The van der Waals surface area contributed by atoms with Crippen molar-refractivity contribution in [2.75, 3.05) is 25.5 Å². The Morgan fingerprint density at radius 2 is 2.20 bits per heavy atom. The highest BCUT2D eigenvalue weighted by Crippen LogP contribution is 2.19. The average Bonchev–Trinajstić information content (AvgIpc) is 2.66. The van der Waals surface area contributed by atoms with Crippen LogP contribution < -0.4 is 10.2 Å².